The van der Waals surface area contributed by atoms with Gasteiger partial charge in [0.05, 0.1) is 7.11 Å². The van der Waals surface area contributed by atoms with Crippen molar-refractivity contribution < 1.29 is 9.53 Å². The molecule has 0 spiro atoms. The average Bonchev–Trinajstić information content (AvgIpc) is 3.24. The SMILES string of the molecule is COc1ccc([C@@H](NC(=O)Cn2cnnn2)c2nccn2C)cc1. The number of carbonyl (C=O) groups is 1. The molecule has 0 unspecified atom stereocenters. The van der Waals surface area contributed by atoms with Gasteiger partial charge in [0.15, 0.2) is 0 Å². The molecule has 2 heterocycles. The minimum atomic E-state index is -0.389. The van der Waals surface area contributed by atoms with Gasteiger partial charge in [-0.3, -0.25) is 4.79 Å². The van der Waals surface area contributed by atoms with Crippen molar-refractivity contribution >= 4 is 5.91 Å². The number of nitrogens with zero attached hydrogens (tertiary/aromatic N) is 6. The molecule has 24 heavy (non-hydrogen) atoms. The van der Waals surface area contributed by atoms with Crippen molar-refractivity contribution in [1.82, 2.24) is 35.1 Å². The van der Waals surface area contributed by atoms with E-state index < -0.39 is 0 Å². The first-order chi connectivity index (χ1) is 11.7. The van der Waals surface area contributed by atoms with Gasteiger partial charge in [0.25, 0.3) is 0 Å². The number of rotatable bonds is 6. The first kappa shape index (κ1) is 15.7. The first-order valence-corrected chi connectivity index (χ1v) is 7.28. The van der Waals surface area contributed by atoms with E-state index in [1.54, 1.807) is 13.3 Å². The number of tetrazole rings is 1. The smallest absolute Gasteiger partial charge is 0.242 e. The Morgan fingerprint density at radius 1 is 1.33 bits per heavy atom. The van der Waals surface area contributed by atoms with Crippen LogP contribution in [0.4, 0.5) is 0 Å². The molecule has 0 saturated heterocycles. The van der Waals surface area contributed by atoms with Gasteiger partial charge in [-0.15, -0.1) is 5.10 Å². The molecule has 0 saturated carbocycles. The van der Waals surface area contributed by atoms with Crippen molar-refractivity contribution in [2.75, 3.05) is 7.11 Å². The fourth-order valence-electron chi connectivity index (χ4n) is 2.36. The lowest BCUT2D eigenvalue weighted by Gasteiger charge is -2.19. The van der Waals surface area contributed by atoms with Crippen molar-refractivity contribution in [3.8, 4) is 5.75 Å². The van der Waals surface area contributed by atoms with E-state index in [1.807, 2.05) is 42.1 Å². The number of nitrogens with one attached hydrogen (secondary N) is 1. The number of hydrogen-bond acceptors (Lipinski definition) is 6. The van der Waals surface area contributed by atoms with Gasteiger partial charge in [0.2, 0.25) is 5.91 Å². The van der Waals surface area contributed by atoms with Crippen LogP contribution in [0.1, 0.15) is 17.4 Å². The maximum atomic E-state index is 12.3. The van der Waals surface area contributed by atoms with Gasteiger partial charge >= 0.3 is 0 Å². The number of amides is 1. The van der Waals surface area contributed by atoms with Crippen molar-refractivity contribution in [1.29, 1.82) is 0 Å². The highest BCUT2D eigenvalue weighted by atomic mass is 16.5. The van der Waals surface area contributed by atoms with Gasteiger partial charge in [-0.25, -0.2) is 9.67 Å². The predicted molar refractivity (Wildman–Crippen MR) is 84.0 cm³/mol. The van der Waals surface area contributed by atoms with Gasteiger partial charge in [0.1, 0.15) is 30.5 Å². The highest BCUT2D eigenvalue weighted by Gasteiger charge is 2.21. The molecule has 0 aliphatic rings. The largest absolute Gasteiger partial charge is 0.497 e. The van der Waals surface area contributed by atoms with Crippen LogP contribution in [0.2, 0.25) is 0 Å². The highest BCUT2D eigenvalue weighted by molar-refractivity contribution is 5.76. The van der Waals surface area contributed by atoms with Crippen molar-refractivity contribution in [3.63, 3.8) is 0 Å². The minimum Gasteiger partial charge on any atom is -0.497 e. The van der Waals surface area contributed by atoms with E-state index in [-0.39, 0.29) is 18.5 Å². The molecule has 1 atom stereocenters. The summed E-state index contributed by atoms with van der Waals surface area (Å²) >= 11 is 0. The molecular weight excluding hydrogens is 310 g/mol. The molecule has 0 bridgehead atoms. The summed E-state index contributed by atoms with van der Waals surface area (Å²) < 4.78 is 8.41. The van der Waals surface area contributed by atoms with E-state index in [2.05, 4.69) is 25.8 Å². The second-order valence-corrected chi connectivity index (χ2v) is 5.18. The first-order valence-electron chi connectivity index (χ1n) is 7.28. The standard InChI is InChI=1S/C15H17N7O2/c1-21-8-7-16-15(21)14(11-3-5-12(24-2)6-4-11)18-13(23)9-22-10-17-19-20-22/h3-8,10,14H,9H2,1-2H3,(H,18,23)/t14-/m1/s1. The summed E-state index contributed by atoms with van der Waals surface area (Å²) in [6, 6.07) is 7.10. The lowest BCUT2D eigenvalue weighted by atomic mass is 10.1. The van der Waals surface area contributed by atoms with E-state index in [1.165, 1.54) is 11.0 Å². The van der Waals surface area contributed by atoms with E-state index in [0.717, 1.165) is 17.1 Å². The minimum absolute atomic E-state index is 0.0318. The van der Waals surface area contributed by atoms with Crippen LogP contribution < -0.4 is 10.1 Å². The van der Waals surface area contributed by atoms with Crippen molar-refractivity contribution in [3.05, 3.63) is 54.4 Å². The molecule has 124 valence electrons. The Morgan fingerprint density at radius 2 is 2.12 bits per heavy atom. The number of methoxy groups -OCH3 is 1. The summed E-state index contributed by atoms with van der Waals surface area (Å²) in [7, 11) is 3.49. The van der Waals surface area contributed by atoms with Crippen LogP contribution in [0.25, 0.3) is 0 Å². The summed E-state index contributed by atoms with van der Waals surface area (Å²) in [5, 5.41) is 13.7. The Bertz CT molecular complexity index is 796. The second-order valence-electron chi connectivity index (χ2n) is 5.18. The predicted octanol–water partition coefficient (Wildman–Crippen LogP) is 0.321. The third-order valence-electron chi connectivity index (χ3n) is 3.57. The Labute approximate surface area is 138 Å². The molecule has 0 aliphatic heterocycles. The van der Waals surface area contributed by atoms with Crippen LogP contribution >= 0.6 is 0 Å². The molecule has 9 nitrogen and oxygen atoms in total. The fraction of sp³-hybridized carbons (Fsp3) is 0.267. The van der Waals surface area contributed by atoms with E-state index >= 15 is 0 Å². The van der Waals surface area contributed by atoms with Gasteiger partial charge in [-0.1, -0.05) is 12.1 Å². The number of ether oxygens (including phenoxy) is 1. The van der Waals surface area contributed by atoms with Crippen LogP contribution in [0, 0.1) is 0 Å². The van der Waals surface area contributed by atoms with Crippen LogP contribution in [-0.2, 0) is 18.4 Å². The van der Waals surface area contributed by atoms with Gasteiger partial charge in [-0.05, 0) is 28.1 Å². The summed E-state index contributed by atoms with van der Waals surface area (Å²) in [6.07, 6.45) is 4.92. The molecule has 1 N–H and O–H groups in total. The third kappa shape index (κ3) is 3.40. The third-order valence-corrected chi connectivity index (χ3v) is 3.57. The van der Waals surface area contributed by atoms with E-state index in [0.29, 0.717) is 0 Å². The number of carbonyl (C=O) groups excluding carboxylic acids is 1. The maximum absolute atomic E-state index is 12.3. The summed E-state index contributed by atoms with van der Waals surface area (Å²) in [5.41, 5.74) is 0.898. The van der Waals surface area contributed by atoms with Gasteiger partial charge < -0.3 is 14.6 Å². The van der Waals surface area contributed by atoms with Gasteiger partial charge in [0, 0.05) is 19.4 Å². The highest BCUT2D eigenvalue weighted by Crippen LogP contribution is 2.22. The quantitative estimate of drug-likeness (QED) is 0.700. The zero-order valence-electron chi connectivity index (χ0n) is 13.3. The van der Waals surface area contributed by atoms with Crippen LogP contribution in [-0.4, -0.2) is 42.8 Å². The Hall–Kier alpha value is -3.23. The molecule has 3 aromatic rings. The van der Waals surface area contributed by atoms with Crippen molar-refractivity contribution in [2.24, 2.45) is 7.05 Å². The molecule has 1 amide bonds. The molecule has 9 heteroatoms. The maximum Gasteiger partial charge on any atom is 0.242 e. The number of aromatic nitrogens is 6. The second kappa shape index (κ2) is 6.90. The lowest BCUT2D eigenvalue weighted by molar-refractivity contribution is -0.122. The molecule has 0 aliphatic carbocycles. The zero-order valence-corrected chi connectivity index (χ0v) is 13.3. The molecule has 3 rings (SSSR count). The number of aryl methyl sites for hydroxylation is 1. The van der Waals surface area contributed by atoms with E-state index in [9.17, 15) is 4.79 Å². The fourth-order valence-corrected chi connectivity index (χ4v) is 2.36. The number of hydrogen-bond donors (Lipinski definition) is 1. The molecule has 2 aromatic heterocycles. The summed E-state index contributed by atoms with van der Waals surface area (Å²) in [6.45, 7) is 0.0318. The Balaban J connectivity index is 1.84. The Kier molecular flexibility index (Phi) is 4.50. The monoisotopic (exact) mass is 327 g/mol. The number of imidazole rings is 1. The molecule has 0 radical (unpaired) electrons. The average molecular weight is 327 g/mol. The van der Waals surface area contributed by atoms with E-state index in [4.69, 9.17) is 4.74 Å². The van der Waals surface area contributed by atoms with Crippen LogP contribution in [0.15, 0.2) is 43.0 Å². The number of benzene rings is 1. The normalized spacial score (nSPS) is 11.9. The molecule has 0 fully saturated rings. The van der Waals surface area contributed by atoms with Gasteiger partial charge in [-0.2, -0.15) is 0 Å². The zero-order chi connectivity index (χ0) is 16.9. The summed E-state index contributed by atoms with van der Waals surface area (Å²) in [5.74, 6) is 1.26. The molecular formula is C15H17N7O2. The Morgan fingerprint density at radius 3 is 2.71 bits per heavy atom. The topological polar surface area (TPSA) is 99.8 Å². The summed E-state index contributed by atoms with van der Waals surface area (Å²) in [4.78, 5) is 16.7. The van der Waals surface area contributed by atoms with Crippen molar-refractivity contribution in [2.45, 2.75) is 12.6 Å². The molecule has 1 aromatic carbocycles. The van der Waals surface area contributed by atoms with Crippen LogP contribution in [0.3, 0.4) is 0 Å². The lowest BCUT2D eigenvalue weighted by Crippen LogP contribution is -2.33. The van der Waals surface area contributed by atoms with Crippen LogP contribution in [0.5, 0.6) is 5.75 Å².